The fraction of sp³-hybridized carbons (Fsp3) is 0.393. The number of carbonyl (C=O) groups is 2. The van der Waals surface area contributed by atoms with E-state index in [0.717, 1.165) is 24.3 Å². The molecule has 1 fully saturated rings. The summed E-state index contributed by atoms with van der Waals surface area (Å²) in [4.78, 5) is 26.3. The Balaban J connectivity index is 1.62. The molecule has 3 aromatic rings. The Bertz CT molecular complexity index is 1470. The number of nitrogens with one attached hydrogen (secondary N) is 1. The number of hydrogen-bond donors (Lipinski definition) is 3. The van der Waals surface area contributed by atoms with Gasteiger partial charge in [-0.05, 0) is 42.2 Å². The SMILES string of the molecule is CC(C)c1c(C(=O)Nc2cc(CC(=O)O)c(N3CC[C@H](O)C3)cc2C(F)(F)F)cnn1CCOc1ccc(F)cc1F. The normalized spacial score (nSPS) is 15.4. The van der Waals surface area contributed by atoms with Gasteiger partial charge in [0.25, 0.3) is 5.91 Å². The first kappa shape index (κ1) is 30.8. The van der Waals surface area contributed by atoms with Crippen LogP contribution >= 0.6 is 0 Å². The van der Waals surface area contributed by atoms with Crippen molar-refractivity contribution in [2.75, 3.05) is 29.9 Å². The number of aliphatic hydroxyl groups is 1. The first-order chi connectivity index (χ1) is 19.7. The van der Waals surface area contributed by atoms with E-state index < -0.39 is 53.5 Å². The van der Waals surface area contributed by atoms with Crippen LogP contribution in [0.4, 0.5) is 33.3 Å². The molecule has 0 unspecified atom stereocenters. The number of aliphatic hydroxyl groups excluding tert-OH is 1. The summed E-state index contributed by atoms with van der Waals surface area (Å²) in [6, 6.07) is 4.63. The maximum Gasteiger partial charge on any atom is 0.418 e. The lowest BCUT2D eigenvalue weighted by Crippen LogP contribution is -2.25. The number of ether oxygens (including phenoxy) is 1. The number of carboxylic acids is 1. The average molecular weight is 597 g/mol. The second-order valence-corrected chi connectivity index (χ2v) is 10.2. The minimum Gasteiger partial charge on any atom is -0.489 e. The molecule has 0 radical (unpaired) electrons. The lowest BCUT2D eigenvalue weighted by atomic mass is 10.0. The highest BCUT2D eigenvalue weighted by Crippen LogP contribution is 2.40. The highest BCUT2D eigenvalue weighted by molar-refractivity contribution is 6.05. The molecule has 0 spiro atoms. The minimum absolute atomic E-state index is 0.0161. The predicted octanol–water partition coefficient (Wildman–Crippen LogP) is 4.83. The third kappa shape index (κ3) is 6.98. The van der Waals surface area contributed by atoms with Crippen molar-refractivity contribution in [2.45, 2.75) is 51.4 Å². The molecule has 0 aliphatic carbocycles. The van der Waals surface area contributed by atoms with Crippen molar-refractivity contribution in [3.63, 3.8) is 0 Å². The van der Waals surface area contributed by atoms with E-state index in [1.54, 1.807) is 13.8 Å². The minimum atomic E-state index is -4.89. The van der Waals surface area contributed by atoms with Gasteiger partial charge in [-0.1, -0.05) is 13.8 Å². The summed E-state index contributed by atoms with van der Waals surface area (Å²) in [5.41, 5.74) is -1.37. The summed E-state index contributed by atoms with van der Waals surface area (Å²) in [6.45, 7) is 3.72. The van der Waals surface area contributed by atoms with Crippen molar-refractivity contribution < 1.29 is 46.5 Å². The highest BCUT2D eigenvalue weighted by Gasteiger charge is 2.37. The summed E-state index contributed by atoms with van der Waals surface area (Å²) in [5, 5.41) is 25.7. The summed E-state index contributed by atoms with van der Waals surface area (Å²) in [6.07, 6.45) is -4.75. The zero-order chi connectivity index (χ0) is 30.8. The van der Waals surface area contributed by atoms with E-state index in [1.807, 2.05) is 0 Å². The monoisotopic (exact) mass is 596 g/mol. The van der Waals surface area contributed by atoms with Crippen LogP contribution in [0.2, 0.25) is 0 Å². The van der Waals surface area contributed by atoms with Crippen molar-refractivity contribution in [2.24, 2.45) is 0 Å². The van der Waals surface area contributed by atoms with Gasteiger partial charge < -0.3 is 25.2 Å². The van der Waals surface area contributed by atoms with Gasteiger partial charge in [0.15, 0.2) is 11.6 Å². The largest absolute Gasteiger partial charge is 0.489 e. The highest BCUT2D eigenvalue weighted by atomic mass is 19.4. The summed E-state index contributed by atoms with van der Waals surface area (Å²) >= 11 is 0. The molecule has 2 heterocycles. The van der Waals surface area contributed by atoms with Crippen LogP contribution in [0.1, 0.15) is 53.4 Å². The number of hydrogen-bond acceptors (Lipinski definition) is 6. The van der Waals surface area contributed by atoms with E-state index in [-0.39, 0.29) is 54.7 Å². The Labute approximate surface area is 237 Å². The molecule has 2 aromatic carbocycles. The van der Waals surface area contributed by atoms with E-state index in [0.29, 0.717) is 18.2 Å². The number of carboxylic acid groups (broad SMARTS) is 1. The zero-order valence-corrected chi connectivity index (χ0v) is 22.7. The van der Waals surface area contributed by atoms with Crippen LogP contribution in [0.5, 0.6) is 5.75 Å². The van der Waals surface area contributed by atoms with Crippen LogP contribution < -0.4 is 15.0 Å². The number of aromatic nitrogens is 2. The second-order valence-electron chi connectivity index (χ2n) is 10.2. The summed E-state index contributed by atoms with van der Waals surface area (Å²) in [5.74, 6) is -4.33. The lowest BCUT2D eigenvalue weighted by molar-refractivity contribution is -0.137. The number of nitrogens with zero attached hydrogens (tertiary/aromatic N) is 3. The van der Waals surface area contributed by atoms with Gasteiger partial charge >= 0.3 is 12.1 Å². The van der Waals surface area contributed by atoms with Gasteiger partial charge in [0.1, 0.15) is 12.4 Å². The van der Waals surface area contributed by atoms with Crippen molar-refractivity contribution in [3.8, 4) is 5.75 Å². The number of halogens is 5. The molecule has 14 heteroatoms. The molecule has 9 nitrogen and oxygen atoms in total. The van der Waals surface area contributed by atoms with Crippen LogP contribution in [0.3, 0.4) is 0 Å². The van der Waals surface area contributed by atoms with Crippen LogP contribution in [-0.2, 0) is 23.9 Å². The van der Waals surface area contributed by atoms with Crippen LogP contribution in [-0.4, -0.2) is 57.7 Å². The molecule has 1 saturated heterocycles. The fourth-order valence-electron chi connectivity index (χ4n) is 4.91. The first-order valence-corrected chi connectivity index (χ1v) is 13.1. The van der Waals surface area contributed by atoms with Crippen LogP contribution in [0.15, 0.2) is 36.5 Å². The molecule has 42 heavy (non-hydrogen) atoms. The number of aliphatic carboxylic acids is 1. The molecule has 1 amide bonds. The van der Waals surface area contributed by atoms with Gasteiger partial charge in [-0.2, -0.15) is 18.3 Å². The van der Waals surface area contributed by atoms with Crippen molar-refractivity contribution >= 4 is 23.3 Å². The standard InChI is InChI=1S/C28H29F5N4O5/c1-15(2)26-19(13-34-37(26)7-8-42-24-4-3-17(29)11-21(24)30)27(41)35-22-9-16(10-25(39)40)23(12-20(22)28(31,32)33)36-6-5-18(38)14-36/h3-4,9,11-13,15,18,38H,5-8,10,14H2,1-2H3,(H,35,41)(H,39,40)/t18-/m0/s1. The maximum atomic E-state index is 14.2. The maximum absolute atomic E-state index is 14.2. The van der Waals surface area contributed by atoms with Crippen LogP contribution in [0, 0.1) is 11.6 Å². The van der Waals surface area contributed by atoms with Crippen LogP contribution in [0.25, 0.3) is 0 Å². The predicted molar refractivity (Wildman–Crippen MR) is 142 cm³/mol. The molecule has 3 N–H and O–H groups in total. The van der Waals surface area contributed by atoms with Crippen molar-refractivity contribution in [1.82, 2.24) is 9.78 Å². The Hall–Kier alpha value is -4.20. The molecule has 1 atom stereocenters. The number of carbonyl (C=O) groups excluding carboxylic acids is 1. The van der Waals surface area contributed by atoms with Gasteiger partial charge in [0.2, 0.25) is 0 Å². The topological polar surface area (TPSA) is 117 Å². The smallest absolute Gasteiger partial charge is 0.418 e. The Morgan fingerprint density at radius 2 is 1.93 bits per heavy atom. The number of benzene rings is 2. The lowest BCUT2D eigenvalue weighted by Gasteiger charge is -2.25. The van der Waals surface area contributed by atoms with Crippen molar-refractivity contribution in [1.29, 1.82) is 0 Å². The van der Waals surface area contributed by atoms with Gasteiger partial charge in [0.05, 0.1) is 47.8 Å². The van der Waals surface area contributed by atoms with E-state index >= 15 is 0 Å². The molecule has 1 aliphatic heterocycles. The van der Waals surface area contributed by atoms with Gasteiger partial charge in [-0.15, -0.1) is 0 Å². The van der Waals surface area contributed by atoms with E-state index in [9.17, 15) is 41.8 Å². The molecule has 4 rings (SSSR count). The van der Waals surface area contributed by atoms with Gasteiger partial charge in [-0.3, -0.25) is 14.3 Å². The molecule has 1 aliphatic rings. The Morgan fingerprint density at radius 3 is 2.52 bits per heavy atom. The molecule has 0 saturated carbocycles. The molecule has 1 aromatic heterocycles. The number of β-amino-alcohol motifs (C(OH)–C–C–N with tert-alkyl or cyclic N) is 1. The van der Waals surface area contributed by atoms with E-state index in [2.05, 4.69) is 10.4 Å². The van der Waals surface area contributed by atoms with Crippen molar-refractivity contribution in [3.05, 3.63) is 70.5 Å². The average Bonchev–Trinajstić information content (AvgIpc) is 3.51. The number of alkyl halides is 3. The number of amides is 1. The van der Waals surface area contributed by atoms with E-state index in [1.165, 1.54) is 15.8 Å². The fourth-order valence-corrected chi connectivity index (χ4v) is 4.91. The summed E-state index contributed by atoms with van der Waals surface area (Å²) in [7, 11) is 0. The number of anilines is 2. The molecule has 226 valence electrons. The quantitative estimate of drug-likeness (QED) is 0.287. The third-order valence-electron chi connectivity index (χ3n) is 6.74. The second kappa shape index (κ2) is 12.3. The summed E-state index contributed by atoms with van der Waals surface area (Å²) < 4.78 is 76.3. The Kier molecular flexibility index (Phi) is 9.04. The number of rotatable bonds is 10. The zero-order valence-electron chi connectivity index (χ0n) is 22.7. The van der Waals surface area contributed by atoms with Gasteiger partial charge in [0, 0.05) is 24.8 Å². The van der Waals surface area contributed by atoms with Gasteiger partial charge in [-0.25, -0.2) is 8.78 Å². The molecular weight excluding hydrogens is 567 g/mol. The molecular formula is C28H29F5N4O5. The third-order valence-corrected chi connectivity index (χ3v) is 6.74. The Morgan fingerprint density at radius 1 is 1.19 bits per heavy atom. The van der Waals surface area contributed by atoms with E-state index in [4.69, 9.17) is 4.74 Å². The molecule has 0 bridgehead atoms. The first-order valence-electron chi connectivity index (χ1n) is 13.1.